The van der Waals surface area contributed by atoms with Gasteiger partial charge in [-0.15, -0.1) is 0 Å². The molecule has 14 N–H and O–H groups in total. The molecule has 1 aromatic rings. The normalized spacial score (nSPS) is 26.3. The number of hydrogen-bond acceptors (Lipinski definition) is 14. The molecule has 22 nitrogen and oxygen atoms in total. The zero-order valence-corrected chi connectivity index (χ0v) is 33.0. The standard InChI is InChI=1S/C33H43F3N10O12S2/c34-33(35,36)15-3-1-14(2-4-15)5-18-29(55)41-10-25(50)46-11-16(47)6-22(46)32(58)44-19(7-23(38)48)31(57)45-21(27(39)53)13-60-59-12-17(37)28(54)43-20(8-26(51)52)30(56)40-9-24(49)42-18/h1-4,16-22,47H,5-13,37H2,(H2,38,48)(H2,39,53)(H,40,56)(H,41,55)(H,42,49)(H,43,54)(H,44,58)(H,45,57)(H,51,52)/t16-,17-,18+,19+,20-,21-,22+/m1/s1. The van der Waals surface area contributed by atoms with Crippen LogP contribution in [0.15, 0.2) is 24.3 Å². The van der Waals surface area contributed by atoms with Crippen molar-refractivity contribution in [2.24, 2.45) is 17.2 Å². The molecule has 0 spiro atoms. The first kappa shape index (κ1) is 48.7. The van der Waals surface area contributed by atoms with Gasteiger partial charge in [0.2, 0.25) is 53.2 Å². The molecule has 0 saturated carbocycles. The van der Waals surface area contributed by atoms with Crippen molar-refractivity contribution in [3.63, 3.8) is 0 Å². The van der Waals surface area contributed by atoms with Gasteiger partial charge in [-0.25, -0.2) is 0 Å². The Morgan fingerprint density at radius 2 is 1.35 bits per heavy atom. The largest absolute Gasteiger partial charge is 0.481 e. The quantitative estimate of drug-likeness (QED) is 0.114. The van der Waals surface area contributed by atoms with Crippen molar-refractivity contribution in [3.05, 3.63) is 35.4 Å². The number of carboxylic acids is 1. The summed E-state index contributed by atoms with van der Waals surface area (Å²) in [6, 6.07) is -5.88. The zero-order chi connectivity index (χ0) is 44.9. The van der Waals surface area contributed by atoms with Crippen LogP contribution in [0.4, 0.5) is 13.2 Å². The van der Waals surface area contributed by atoms with Gasteiger partial charge in [0.1, 0.15) is 30.2 Å². The Kier molecular flexibility index (Phi) is 17.9. The summed E-state index contributed by atoms with van der Waals surface area (Å²) in [7, 11) is 1.81. The molecule has 330 valence electrons. The summed E-state index contributed by atoms with van der Waals surface area (Å²) in [5, 5.41) is 33.1. The average Bonchev–Trinajstić information content (AvgIpc) is 3.56. The molecule has 2 aliphatic heterocycles. The molecule has 2 fully saturated rings. The zero-order valence-electron chi connectivity index (χ0n) is 31.3. The highest BCUT2D eigenvalue weighted by Gasteiger charge is 2.41. The lowest BCUT2D eigenvalue weighted by Gasteiger charge is -2.27. The highest BCUT2D eigenvalue weighted by molar-refractivity contribution is 8.76. The van der Waals surface area contributed by atoms with E-state index in [4.69, 9.17) is 17.2 Å². The number of carbonyl (C=O) groups is 10. The number of aliphatic hydroxyl groups excluding tert-OH is 1. The summed E-state index contributed by atoms with van der Waals surface area (Å²) in [5.74, 6) is -11.5. The van der Waals surface area contributed by atoms with Crippen molar-refractivity contribution in [2.45, 2.75) is 74.2 Å². The lowest BCUT2D eigenvalue weighted by atomic mass is 10.0. The minimum atomic E-state index is -4.70. The van der Waals surface area contributed by atoms with Crippen molar-refractivity contribution in [2.75, 3.05) is 31.1 Å². The lowest BCUT2D eigenvalue weighted by Crippen LogP contribution is -2.58. The highest BCUT2D eigenvalue weighted by Crippen LogP contribution is 2.29. The molecular formula is C33H43F3N10O12S2. The second kappa shape index (κ2) is 22.1. The number of nitrogens with zero attached hydrogens (tertiary/aromatic N) is 1. The third-order valence-corrected chi connectivity index (χ3v) is 11.2. The summed E-state index contributed by atoms with van der Waals surface area (Å²) >= 11 is 0. The van der Waals surface area contributed by atoms with Crippen molar-refractivity contribution in [1.29, 1.82) is 0 Å². The summed E-state index contributed by atoms with van der Waals surface area (Å²) in [6.07, 6.45) is -8.55. The molecule has 27 heteroatoms. The molecule has 0 unspecified atom stereocenters. The maximum atomic E-state index is 13.4. The molecule has 0 aromatic heterocycles. The number of benzene rings is 1. The number of amides is 9. The second-order valence-corrected chi connectivity index (χ2v) is 16.0. The van der Waals surface area contributed by atoms with Crippen LogP contribution in [0.25, 0.3) is 0 Å². The van der Waals surface area contributed by atoms with E-state index in [1.807, 2.05) is 0 Å². The van der Waals surface area contributed by atoms with Crippen LogP contribution in [0.2, 0.25) is 0 Å². The number of alkyl halides is 3. The van der Waals surface area contributed by atoms with Crippen LogP contribution >= 0.6 is 21.6 Å². The van der Waals surface area contributed by atoms with Gasteiger partial charge in [-0.2, -0.15) is 13.2 Å². The number of carbonyl (C=O) groups excluding carboxylic acids is 9. The van der Waals surface area contributed by atoms with Gasteiger partial charge in [0.15, 0.2) is 0 Å². The molecule has 2 heterocycles. The molecule has 0 radical (unpaired) electrons. The van der Waals surface area contributed by atoms with E-state index in [1.165, 1.54) is 0 Å². The van der Waals surface area contributed by atoms with E-state index in [2.05, 4.69) is 31.9 Å². The maximum Gasteiger partial charge on any atom is 0.416 e. The van der Waals surface area contributed by atoms with Crippen molar-refractivity contribution in [3.8, 4) is 0 Å². The number of nitrogens with two attached hydrogens (primary N) is 3. The fourth-order valence-electron chi connectivity index (χ4n) is 5.66. The summed E-state index contributed by atoms with van der Waals surface area (Å²) in [5.41, 5.74) is 15.7. The van der Waals surface area contributed by atoms with E-state index in [1.54, 1.807) is 0 Å². The molecule has 9 amide bonds. The number of nitrogens with one attached hydrogen (secondary N) is 6. The van der Waals surface area contributed by atoms with E-state index >= 15 is 0 Å². The van der Waals surface area contributed by atoms with Crippen LogP contribution in [0.3, 0.4) is 0 Å². The molecule has 0 bridgehead atoms. The molecule has 1 aromatic carbocycles. The molecule has 2 saturated heterocycles. The SMILES string of the molecule is NC(=O)C[C@@H]1NC(=O)[C@@H]2C[C@@H](O)CN2C(=O)CNC(=O)[C@H](Cc2ccc(C(F)(F)F)cc2)NC(=O)CNC(=O)[C@@H](CC(=O)O)NC(=O)[C@H](N)CSSC[C@H](C(N)=O)NC1=O. The van der Waals surface area contributed by atoms with Gasteiger partial charge in [-0.3, -0.25) is 47.9 Å². The van der Waals surface area contributed by atoms with Gasteiger partial charge in [-0.05, 0) is 17.7 Å². The Bertz CT molecular complexity index is 1830. The molecule has 3 rings (SSSR count). The van der Waals surface area contributed by atoms with Crippen LogP contribution in [0.1, 0.15) is 30.4 Å². The number of primary amides is 2. The van der Waals surface area contributed by atoms with Gasteiger partial charge in [-0.1, -0.05) is 33.7 Å². The molecule has 7 atom stereocenters. The van der Waals surface area contributed by atoms with Crippen molar-refractivity contribution >= 4 is 80.7 Å². The Morgan fingerprint density at radius 3 is 1.95 bits per heavy atom. The fraction of sp³-hybridized carbons (Fsp3) is 0.515. The number of halogens is 3. The minimum Gasteiger partial charge on any atom is -0.481 e. The topological polar surface area (TPSA) is 365 Å². The van der Waals surface area contributed by atoms with Crippen molar-refractivity contribution < 1.29 is 71.3 Å². The Hall–Kier alpha value is -5.67. The van der Waals surface area contributed by atoms with Crippen LogP contribution in [0.5, 0.6) is 0 Å². The van der Waals surface area contributed by atoms with Crippen molar-refractivity contribution in [1.82, 2.24) is 36.8 Å². The molecule has 2 aliphatic rings. The van der Waals surface area contributed by atoms with Gasteiger partial charge >= 0.3 is 12.1 Å². The number of aliphatic hydroxyl groups is 1. The van der Waals surface area contributed by atoms with E-state index < -0.39 is 152 Å². The number of hydrogen-bond donors (Lipinski definition) is 11. The molecule has 0 aliphatic carbocycles. The maximum absolute atomic E-state index is 13.4. The van der Waals surface area contributed by atoms with Crippen LogP contribution in [0, 0.1) is 0 Å². The first-order valence-corrected chi connectivity index (χ1v) is 20.2. The van der Waals surface area contributed by atoms with Gasteiger partial charge in [0, 0.05) is 30.9 Å². The summed E-state index contributed by atoms with van der Waals surface area (Å²) in [4.78, 5) is 129. The first-order chi connectivity index (χ1) is 28.0. The summed E-state index contributed by atoms with van der Waals surface area (Å²) in [6.45, 7) is -2.21. The average molecular weight is 893 g/mol. The van der Waals surface area contributed by atoms with E-state index in [-0.39, 0.29) is 23.5 Å². The number of rotatable bonds is 7. The lowest BCUT2D eigenvalue weighted by molar-refractivity contribution is -0.141. The first-order valence-electron chi connectivity index (χ1n) is 17.7. The molecular weight excluding hydrogens is 850 g/mol. The third kappa shape index (κ3) is 15.2. The van der Waals surface area contributed by atoms with Gasteiger partial charge < -0.3 is 64.2 Å². The Labute approximate surface area is 346 Å². The third-order valence-electron chi connectivity index (χ3n) is 8.72. The van der Waals surface area contributed by atoms with E-state index in [0.29, 0.717) is 0 Å². The van der Waals surface area contributed by atoms with Gasteiger partial charge in [0.05, 0.1) is 43.6 Å². The summed E-state index contributed by atoms with van der Waals surface area (Å²) < 4.78 is 39.5. The predicted molar refractivity (Wildman–Crippen MR) is 203 cm³/mol. The minimum absolute atomic E-state index is 0.103. The Morgan fingerprint density at radius 1 is 0.767 bits per heavy atom. The van der Waals surface area contributed by atoms with Crippen LogP contribution < -0.4 is 49.1 Å². The van der Waals surface area contributed by atoms with Crippen LogP contribution in [-0.4, -0.2) is 148 Å². The highest BCUT2D eigenvalue weighted by atomic mass is 33.1. The van der Waals surface area contributed by atoms with E-state index in [9.17, 15) is 71.3 Å². The molecule has 60 heavy (non-hydrogen) atoms. The number of aliphatic carboxylic acids is 1. The predicted octanol–water partition coefficient (Wildman–Crippen LogP) is -5.06. The number of fused-ring (bicyclic) bond motifs is 1. The fourth-order valence-corrected chi connectivity index (χ4v) is 7.96. The second-order valence-electron chi connectivity index (χ2n) is 13.4. The number of carboxylic acid groups (broad SMARTS) is 1. The smallest absolute Gasteiger partial charge is 0.416 e. The monoisotopic (exact) mass is 892 g/mol. The van der Waals surface area contributed by atoms with Crippen LogP contribution in [-0.2, 0) is 60.5 Å². The van der Waals surface area contributed by atoms with E-state index in [0.717, 1.165) is 50.8 Å². The Balaban J connectivity index is 1.94. The van der Waals surface area contributed by atoms with Gasteiger partial charge in [0.25, 0.3) is 0 Å².